The van der Waals surface area contributed by atoms with Crippen LogP contribution >= 0.6 is 0 Å². The van der Waals surface area contributed by atoms with Crippen LogP contribution < -0.4 is 5.32 Å². The Balaban J connectivity index is 1.72. The first kappa shape index (κ1) is 14.4. The second-order valence-electron chi connectivity index (χ2n) is 5.75. The van der Waals surface area contributed by atoms with Crippen LogP contribution in [0.4, 0.5) is 15.9 Å². The van der Waals surface area contributed by atoms with Crippen LogP contribution in [0.5, 0.6) is 0 Å². The fourth-order valence-electron chi connectivity index (χ4n) is 2.81. The van der Waals surface area contributed by atoms with Crippen LogP contribution in [0.1, 0.15) is 0 Å². The van der Waals surface area contributed by atoms with Crippen molar-refractivity contribution in [3.63, 3.8) is 0 Å². The first-order chi connectivity index (χ1) is 11.6. The summed E-state index contributed by atoms with van der Waals surface area (Å²) in [6.07, 6.45) is 5.67. The highest BCUT2D eigenvalue weighted by molar-refractivity contribution is 5.88. The summed E-state index contributed by atoms with van der Waals surface area (Å²) in [6, 6.07) is 10.3. The Morgan fingerprint density at radius 3 is 2.54 bits per heavy atom. The third kappa shape index (κ3) is 2.52. The van der Waals surface area contributed by atoms with Gasteiger partial charge in [0.2, 0.25) is 0 Å². The average molecular weight is 321 g/mol. The molecular formula is C18H16FN5. The summed E-state index contributed by atoms with van der Waals surface area (Å²) in [5.41, 5.74) is 4.00. The third-order valence-electron chi connectivity index (χ3n) is 4.04. The van der Waals surface area contributed by atoms with Crippen LogP contribution in [0, 0.1) is 5.82 Å². The standard InChI is InChI=1S/C18H16FN5/c1-23-11-13(10-21-23)16-7-12-9-20-18(8-17(12)24(16)2)22-15-5-3-14(19)4-6-15/h3-11H,1-2H3,(H,20,22). The van der Waals surface area contributed by atoms with Crippen molar-refractivity contribution < 1.29 is 4.39 Å². The number of nitrogens with one attached hydrogen (secondary N) is 1. The van der Waals surface area contributed by atoms with Crippen molar-refractivity contribution in [2.75, 3.05) is 5.32 Å². The average Bonchev–Trinajstić information content (AvgIpc) is 3.14. The van der Waals surface area contributed by atoms with Crippen LogP contribution in [-0.2, 0) is 14.1 Å². The molecule has 3 heterocycles. The Kier molecular flexibility index (Phi) is 3.30. The van der Waals surface area contributed by atoms with E-state index >= 15 is 0 Å². The van der Waals surface area contributed by atoms with Crippen molar-refractivity contribution in [2.45, 2.75) is 0 Å². The zero-order valence-corrected chi connectivity index (χ0v) is 13.4. The van der Waals surface area contributed by atoms with Crippen LogP contribution in [0.15, 0.2) is 55.0 Å². The first-order valence-electron chi connectivity index (χ1n) is 7.57. The Morgan fingerprint density at radius 1 is 1.04 bits per heavy atom. The lowest BCUT2D eigenvalue weighted by molar-refractivity contribution is 0.628. The van der Waals surface area contributed by atoms with Gasteiger partial charge in [0.05, 0.1) is 17.4 Å². The number of fused-ring (bicyclic) bond motifs is 1. The minimum absolute atomic E-state index is 0.257. The number of hydrogen-bond donors (Lipinski definition) is 1. The molecule has 1 aromatic carbocycles. The Morgan fingerprint density at radius 2 is 1.83 bits per heavy atom. The van der Waals surface area contributed by atoms with E-state index in [9.17, 15) is 4.39 Å². The monoisotopic (exact) mass is 321 g/mol. The van der Waals surface area contributed by atoms with Crippen molar-refractivity contribution in [3.05, 3.63) is 60.8 Å². The summed E-state index contributed by atoms with van der Waals surface area (Å²) in [7, 11) is 3.92. The first-order valence-corrected chi connectivity index (χ1v) is 7.57. The highest BCUT2D eigenvalue weighted by Crippen LogP contribution is 2.28. The summed E-state index contributed by atoms with van der Waals surface area (Å²) in [5.74, 6) is 0.459. The van der Waals surface area contributed by atoms with Gasteiger partial charge in [-0.15, -0.1) is 0 Å². The molecule has 4 aromatic rings. The molecule has 5 nitrogen and oxygen atoms in total. The van der Waals surface area contributed by atoms with Gasteiger partial charge in [0.1, 0.15) is 11.6 Å². The van der Waals surface area contributed by atoms with Crippen LogP contribution in [-0.4, -0.2) is 19.3 Å². The molecule has 0 aliphatic heterocycles. The Labute approximate surface area is 138 Å². The van der Waals surface area contributed by atoms with Gasteiger partial charge in [0, 0.05) is 49.2 Å². The molecule has 0 bridgehead atoms. The largest absolute Gasteiger partial charge is 0.343 e. The SMILES string of the molecule is Cn1cc(-c2cc3cnc(Nc4ccc(F)cc4)cc3n2C)cn1. The van der Waals surface area contributed by atoms with Gasteiger partial charge in [0.15, 0.2) is 0 Å². The van der Waals surface area contributed by atoms with E-state index in [4.69, 9.17) is 0 Å². The number of rotatable bonds is 3. The smallest absolute Gasteiger partial charge is 0.132 e. The lowest BCUT2D eigenvalue weighted by Gasteiger charge is -2.07. The molecule has 6 heteroatoms. The molecule has 4 rings (SSSR count). The number of hydrogen-bond acceptors (Lipinski definition) is 3. The molecule has 0 saturated heterocycles. The summed E-state index contributed by atoms with van der Waals surface area (Å²) >= 11 is 0. The van der Waals surface area contributed by atoms with E-state index < -0.39 is 0 Å². The summed E-state index contributed by atoms with van der Waals surface area (Å²) in [4.78, 5) is 4.44. The molecular weight excluding hydrogens is 305 g/mol. The van der Waals surface area contributed by atoms with Crippen molar-refractivity contribution in [3.8, 4) is 11.3 Å². The minimum atomic E-state index is -0.257. The number of anilines is 2. The van der Waals surface area contributed by atoms with Gasteiger partial charge in [0.25, 0.3) is 0 Å². The number of aryl methyl sites for hydroxylation is 2. The van der Waals surface area contributed by atoms with Gasteiger partial charge in [-0.05, 0) is 30.3 Å². The number of halogens is 1. The van der Waals surface area contributed by atoms with Gasteiger partial charge in [-0.25, -0.2) is 9.37 Å². The van der Waals surface area contributed by atoms with Crippen molar-refractivity contribution in [1.29, 1.82) is 0 Å². The normalized spacial score (nSPS) is 11.1. The zero-order chi connectivity index (χ0) is 16.7. The van der Waals surface area contributed by atoms with E-state index in [1.807, 2.05) is 38.8 Å². The quantitative estimate of drug-likeness (QED) is 0.623. The maximum absolute atomic E-state index is 13.0. The van der Waals surface area contributed by atoms with E-state index in [0.717, 1.165) is 27.8 Å². The molecule has 0 unspecified atom stereocenters. The van der Waals surface area contributed by atoms with Gasteiger partial charge < -0.3 is 9.88 Å². The summed E-state index contributed by atoms with van der Waals surface area (Å²) < 4.78 is 16.9. The second-order valence-corrected chi connectivity index (χ2v) is 5.75. The van der Waals surface area contributed by atoms with Gasteiger partial charge in [-0.2, -0.15) is 5.10 Å². The van der Waals surface area contributed by atoms with Crippen LogP contribution in [0.25, 0.3) is 22.2 Å². The fraction of sp³-hybridized carbons (Fsp3) is 0.111. The maximum atomic E-state index is 13.0. The highest BCUT2D eigenvalue weighted by atomic mass is 19.1. The molecule has 0 fully saturated rings. The molecule has 0 aliphatic rings. The van der Waals surface area contributed by atoms with Crippen molar-refractivity contribution in [1.82, 2.24) is 19.3 Å². The van der Waals surface area contributed by atoms with E-state index in [-0.39, 0.29) is 5.82 Å². The predicted octanol–water partition coefficient (Wildman–Crippen LogP) is 3.86. The second kappa shape index (κ2) is 5.49. The maximum Gasteiger partial charge on any atom is 0.132 e. The van der Waals surface area contributed by atoms with Gasteiger partial charge >= 0.3 is 0 Å². The molecule has 1 N–H and O–H groups in total. The third-order valence-corrected chi connectivity index (χ3v) is 4.04. The lowest BCUT2D eigenvalue weighted by atomic mass is 10.2. The molecule has 120 valence electrons. The van der Waals surface area contributed by atoms with Gasteiger partial charge in [-0.1, -0.05) is 0 Å². The fourth-order valence-corrected chi connectivity index (χ4v) is 2.81. The van der Waals surface area contributed by atoms with E-state index in [0.29, 0.717) is 5.82 Å². The molecule has 0 saturated carbocycles. The number of pyridine rings is 1. The van der Waals surface area contributed by atoms with E-state index in [1.54, 1.807) is 16.8 Å². The molecule has 0 atom stereocenters. The Bertz CT molecular complexity index is 1010. The molecule has 0 spiro atoms. The lowest BCUT2D eigenvalue weighted by Crippen LogP contribution is -1.95. The molecule has 24 heavy (non-hydrogen) atoms. The number of aromatic nitrogens is 4. The number of nitrogens with zero attached hydrogens (tertiary/aromatic N) is 4. The summed E-state index contributed by atoms with van der Waals surface area (Å²) in [6.45, 7) is 0. The minimum Gasteiger partial charge on any atom is -0.343 e. The molecule has 0 aliphatic carbocycles. The highest BCUT2D eigenvalue weighted by Gasteiger charge is 2.10. The van der Waals surface area contributed by atoms with Crippen LogP contribution in [0.3, 0.4) is 0 Å². The zero-order valence-electron chi connectivity index (χ0n) is 13.4. The molecule has 3 aromatic heterocycles. The van der Waals surface area contributed by atoms with E-state index in [2.05, 4.69) is 26.0 Å². The molecule has 0 radical (unpaired) electrons. The summed E-state index contributed by atoms with van der Waals surface area (Å²) in [5, 5.41) is 8.48. The van der Waals surface area contributed by atoms with E-state index in [1.165, 1.54) is 12.1 Å². The topological polar surface area (TPSA) is 47.7 Å². The van der Waals surface area contributed by atoms with Crippen LogP contribution in [0.2, 0.25) is 0 Å². The predicted molar refractivity (Wildman–Crippen MR) is 92.6 cm³/mol. The van der Waals surface area contributed by atoms with Crippen molar-refractivity contribution >= 4 is 22.4 Å². The Hall–Kier alpha value is -3.15. The van der Waals surface area contributed by atoms with Crippen molar-refractivity contribution in [2.24, 2.45) is 14.1 Å². The molecule has 0 amide bonds. The number of benzene rings is 1. The van der Waals surface area contributed by atoms with Gasteiger partial charge in [-0.3, -0.25) is 4.68 Å².